The molecule has 1 aromatic rings. The number of methoxy groups -OCH3 is 1. The van der Waals surface area contributed by atoms with Crippen LogP contribution in [-0.4, -0.2) is 35.4 Å². The summed E-state index contributed by atoms with van der Waals surface area (Å²) in [6, 6.07) is 4.13. The van der Waals surface area contributed by atoms with Gasteiger partial charge in [-0.2, -0.15) is 0 Å². The standard InChI is InChI=1S/C14H18O6/c1-3-4-13(17)20-12(14(18)19-2)8-9-5-6-10(15)11(16)7-9/h5-7,12,15-16H,3-4,8H2,1-2H3. The molecule has 0 radical (unpaired) electrons. The van der Waals surface area contributed by atoms with E-state index in [1.807, 2.05) is 6.92 Å². The van der Waals surface area contributed by atoms with Crippen molar-refractivity contribution < 1.29 is 29.3 Å². The van der Waals surface area contributed by atoms with E-state index in [1.54, 1.807) is 0 Å². The maximum absolute atomic E-state index is 11.6. The third-order valence-electron chi connectivity index (χ3n) is 2.65. The summed E-state index contributed by atoms with van der Waals surface area (Å²) < 4.78 is 9.65. The average Bonchev–Trinajstić information content (AvgIpc) is 2.41. The van der Waals surface area contributed by atoms with Gasteiger partial charge < -0.3 is 19.7 Å². The summed E-state index contributed by atoms with van der Waals surface area (Å²) >= 11 is 0. The molecule has 0 aliphatic heterocycles. The van der Waals surface area contributed by atoms with Crippen LogP contribution in [0.2, 0.25) is 0 Å². The number of hydrogen-bond donors (Lipinski definition) is 2. The number of ether oxygens (including phenoxy) is 2. The van der Waals surface area contributed by atoms with E-state index in [0.29, 0.717) is 12.0 Å². The highest BCUT2D eigenvalue weighted by atomic mass is 16.6. The van der Waals surface area contributed by atoms with E-state index >= 15 is 0 Å². The number of rotatable bonds is 6. The van der Waals surface area contributed by atoms with E-state index < -0.39 is 18.0 Å². The molecule has 1 atom stereocenters. The van der Waals surface area contributed by atoms with Gasteiger partial charge in [0.15, 0.2) is 11.5 Å². The summed E-state index contributed by atoms with van der Waals surface area (Å²) in [5.74, 6) is -1.70. The number of carbonyl (C=O) groups excluding carboxylic acids is 2. The van der Waals surface area contributed by atoms with Crippen LogP contribution in [0, 0.1) is 0 Å². The Morgan fingerprint density at radius 3 is 2.50 bits per heavy atom. The van der Waals surface area contributed by atoms with E-state index in [2.05, 4.69) is 4.74 Å². The second-order valence-electron chi connectivity index (χ2n) is 4.28. The lowest BCUT2D eigenvalue weighted by Gasteiger charge is -2.16. The van der Waals surface area contributed by atoms with Gasteiger partial charge in [-0.3, -0.25) is 4.79 Å². The lowest BCUT2D eigenvalue weighted by atomic mass is 10.1. The molecule has 0 bridgehead atoms. The maximum Gasteiger partial charge on any atom is 0.347 e. The molecular weight excluding hydrogens is 264 g/mol. The number of hydrogen-bond acceptors (Lipinski definition) is 6. The normalized spacial score (nSPS) is 11.7. The van der Waals surface area contributed by atoms with Crippen LogP contribution in [-0.2, 0) is 25.5 Å². The molecule has 20 heavy (non-hydrogen) atoms. The number of esters is 2. The van der Waals surface area contributed by atoms with Crippen molar-refractivity contribution in [3.05, 3.63) is 23.8 Å². The van der Waals surface area contributed by atoms with Crippen molar-refractivity contribution in [2.45, 2.75) is 32.3 Å². The van der Waals surface area contributed by atoms with Crippen LogP contribution in [0.3, 0.4) is 0 Å². The first-order valence-corrected chi connectivity index (χ1v) is 6.26. The maximum atomic E-state index is 11.6. The zero-order chi connectivity index (χ0) is 15.1. The van der Waals surface area contributed by atoms with E-state index in [-0.39, 0.29) is 24.3 Å². The van der Waals surface area contributed by atoms with Gasteiger partial charge in [-0.25, -0.2) is 4.79 Å². The molecule has 0 amide bonds. The summed E-state index contributed by atoms with van der Waals surface area (Å²) in [6.45, 7) is 1.83. The van der Waals surface area contributed by atoms with Crippen LogP contribution < -0.4 is 0 Å². The van der Waals surface area contributed by atoms with Crippen molar-refractivity contribution in [1.29, 1.82) is 0 Å². The Morgan fingerprint density at radius 1 is 1.25 bits per heavy atom. The number of aromatic hydroxyl groups is 2. The second-order valence-corrected chi connectivity index (χ2v) is 4.28. The van der Waals surface area contributed by atoms with E-state index in [9.17, 15) is 19.8 Å². The molecule has 1 aromatic carbocycles. The van der Waals surface area contributed by atoms with Crippen molar-refractivity contribution in [2.24, 2.45) is 0 Å². The summed E-state index contributed by atoms with van der Waals surface area (Å²) in [5.41, 5.74) is 0.542. The minimum Gasteiger partial charge on any atom is -0.504 e. The Morgan fingerprint density at radius 2 is 1.95 bits per heavy atom. The number of benzene rings is 1. The van der Waals surface area contributed by atoms with Gasteiger partial charge >= 0.3 is 11.9 Å². The molecule has 6 heteroatoms. The van der Waals surface area contributed by atoms with Crippen molar-refractivity contribution in [1.82, 2.24) is 0 Å². The molecule has 0 saturated heterocycles. The molecule has 1 rings (SSSR count). The van der Waals surface area contributed by atoms with Crippen LogP contribution >= 0.6 is 0 Å². The van der Waals surface area contributed by atoms with Gasteiger partial charge in [0.05, 0.1) is 7.11 Å². The Bertz CT molecular complexity index is 483. The molecule has 0 heterocycles. The molecule has 0 fully saturated rings. The first-order chi connectivity index (χ1) is 9.47. The Hall–Kier alpha value is -2.24. The Balaban J connectivity index is 2.80. The smallest absolute Gasteiger partial charge is 0.347 e. The summed E-state index contributed by atoms with van der Waals surface area (Å²) in [6.07, 6.45) is -0.167. The fourth-order valence-corrected chi connectivity index (χ4v) is 1.64. The summed E-state index contributed by atoms with van der Waals surface area (Å²) in [7, 11) is 1.21. The topological polar surface area (TPSA) is 93.1 Å². The first kappa shape index (κ1) is 15.8. The monoisotopic (exact) mass is 282 g/mol. The zero-order valence-electron chi connectivity index (χ0n) is 11.5. The molecule has 0 aromatic heterocycles. The second kappa shape index (κ2) is 7.37. The number of phenolic OH excluding ortho intramolecular Hbond substituents is 2. The predicted molar refractivity (Wildman–Crippen MR) is 70.3 cm³/mol. The van der Waals surface area contributed by atoms with Gasteiger partial charge in [-0.05, 0) is 24.1 Å². The number of carbonyl (C=O) groups is 2. The van der Waals surface area contributed by atoms with Crippen LogP contribution in [0.1, 0.15) is 25.3 Å². The molecule has 0 spiro atoms. The molecule has 0 saturated carbocycles. The third kappa shape index (κ3) is 4.46. The first-order valence-electron chi connectivity index (χ1n) is 6.26. The highest BCUT2D eigenvalue weighted by Gasteiger charge is 2.24. The summed E-state index contributed by atoms with van der Waals surface area (Å²) in [5, 5.41) is 18.6. The minimum atomic E-state index is -1.07. The van der Waals surface area contributed by atoms with Crippen molar-refractivity contribution >= 4 is 11.9 Å². The van der Waals surface area contributed by atoms with Crippen molar-refractivity contribution in [3.63, 3.8) is 0 Å². The van der Waals surface area contributed by atoms with Crippen LogP contribution in [0.5, 0.6) is 11.5 Å². The van der Waals surface area contributed by atoms with Gasteiger partial charge in [0.25, 0.3) is 0 Å². The molecule has 0 aliphatic carbocycles. The SMILES string of the molecule is CCCC(=O)OC(Cc1ccc(O)c(O)c1)C(=O)OC. The van der Waals surface area contributed by atoms with Gasteiger partial charge in [-0.1, -0.05) is 13.0 Å². The van der Waals surface area contributed by atoms with Gasteiger partial charge in [0, 0.05) is 12.8 Å². The molecule has 0 aliphatic rings. The molecular formula is C14H18O6. The van der Waals surface area contributed by atoms with E-state index in [0.717, 1.165) is 0 Å². The quantitative estimate of drug-likeness (QED) is 0.607. The fourth-order valence-electron chi connectivity index (χ4n) is 1.64. The predicted octanol–water partition coefficient (Wildman–Crippen LogP) is 1.53. The lowest BCUT2D eigenvalue weighted by Crippen LogP contribution is -2.30. The lowest BCUT2D eigenvalue weighted by molar-refractivity contribution is -0.166. The Labute approximate surface area is 116 Å². The molecule has 6 nitrogen and oxygen atoms in total. The van der Waals surface area contributed by atoms with Gasteiger partial charge in [0.1, 0.15) is 0 Å². The Kier molecular flexibility index (Phi) is 5.83. The minimum absolute atomic E-state index is 0.0654. The van der Waals surface area contributed by atoms with Crippen LogP contribution in [0.4, 0.5) is 0 Å². The molecule has 1 unspecified atom stereocenters. The summed E-state index contributed by atoms with van der Waals surface area (Å²) in [4.78, 5) is 23.1. The van der Waals surface area contributed by atoms with Crippen LogP contribution in [0.25, 0.3) is 0 Å². The van der Waals surface area contributed by atoms with Gasteiger partial charge in [0.2, 0.25) is 6.10 Å². The molecule has 110 valence electrons. The highest BCUT2D eigenvalue weighted by molar-refractivity contribution is 5.79. The average molecular weight is 282 g/mol. The molecule has 2 N–H and O–H groups in total. The van der Waals surface area contributed by atoms with Gasteiger partial charge in [-0.15, -0.1) is 0 Å². The van der Waals surface area contributed by atoms with E-state index in [4.69, 9.17) is 4.74 Å². The van der Waals surface area contributed by atoms with Crippen molar-refractivity contribution in [2.75, 3.05) is 7.11 Å². The van der Waals surface area contributed by atoms with E-state index in [1.165, 1.54) is 25.3 Å². The van der Waals surface area contributed by atoms with Crippen LogP contribution in [0.15, 0.2) is 18.2 Å². The third-order valence-corrected chi connectivity index (χ3v) is 2.65. The fraction of sp³-hybridized carbons (Fsp3) is 0.429. The zero-order valence-corrected chi connectivity index (χ0v) is 11.5. The largest absolute Gasteiger partial charge is 0.504 e. The van der Waals surface area contributed by atoms with Crippen molar-refractivity contribution in [3.8, 4) is 11.5 Å². The highest BCUT2D eigenvalue weighted by Crippen LogP contribution is 2.25. The number of phenols is 2.